The van der Waals surface area contributed by atoms with Gasteiger partial charge in [0.2, 0.25) is 11.2 Å². The van der Waals surface area contributed by atoms with Gasteiger partial charge < -0.3 is 23.9 Å². The number of pyridine rings is 1. The van der Waals surface area contributed by atoms with Gasteiger partial charge in [-0.05, 0) is 0 Å². The first kappa shape index (κ1) is 14.7. The molecule has 0 saturated heterocycles. The van der Waals surface area contributed by atoms with Crippen LogP contribution in [-0.4, -0.2) is 37.0 Å². The lowest BCUT2D eigenvalue weighted by Gasteiger charge is -2.16. The molecule has 0 fully saturated rings. The van der Waals surface area contributed by atoms with Crippen LogP contribution in [0.25, 0.3) is 10.9 Å². The Labute approximate surface area is 120 Å². The summed E-state index contributed by atoms with van der Waals surface area (Å²) in [5, 5.41) is 9.27. The Morgan fingerprint density at radius 3 is 2.24 bits per heavy atom. The van der Waals surface area contributed by atoms with Crippen LogP contribution in [0, 0.1) is 0 Å². The lowest BCUT2D eigenvalue weighted by Crippen LogP contribution is -2.18. The van der Waals surface area contributed by atoms with Gasteiger partial charge in [0.15, 0.2) is 11.5 Å². The highest BCUT2D eigenvalue weighted by atomic mass is 16.5. The van der Waals surface area contributed by atoms with Crippen molar-refractivity contribution in [3.63, 3.8) is 0 Å². The molecule has 0 saturated carbocycles. The first-order chi connectivity index (χ1) is 9.96. The molecular formula is C14H15NO6. The van der Waals surface area contributed by atoms with Crippen LogP contribution >= 0.6 is 0 Å². The van der Waals surface area contributed by atoms with Gasteiger partial charge in [-0.2, -0.15) is 0 Å². The molecule has 1 aromatic carbocycles. The molecule has 0 spiro atoms. The second kappa shape index (κ2) is 5.35. The fourth-order valence-corrected chi connectivity index (χ4v) is 2.25. The quantitative estimate of drug-likeness (QED) is 0.913. The lowest BCUT2D eigenvalue weighted by molar-refractivity contribution is 0.0695. The second-order valence-electron chi connectivity index (χ2n) is 4.33. The van der Waals surface area contributed by atoms with Gasteiger partial charge in [0, 0.05) is 19.3 Å². The van der Waals surface area contributed by atoms with Crippen LogP contribution in [0.5, 0.6) is 17.2 Å². The van der Waals surface area contributed by atoms with E-state index in [0.29, 0.717) is 11.3 Å². The van der Waals surface area contributed by atoms with Gasteiger partial charge in [0.25, 0.3) is 0 Å². The van der Waals surface area contributed by atoms with Crippen molar-refractivity contribution in [1.82, 2.24) is 4.57 Å². The van der Waals surface area contributed by atoms with Crippen molar-refractivity contribution in [2.45, 2.75) is 0 Å². The molecule has 0 atom stereocenters. The number of aromatic carboxylic acids is 1. The number of carbonyl (C=O) groups is 1. The lowest BCUT2D eigenvalue weighted by atomic mass is 10.1. The molecule has 0 aliphatic carbocycles. The molecule has 21 heavy (non-hydrogen) atoms. The molecule has 2 aromatic rings. The highest BCUT2D eigenvalue weighted by Gasteiger charge is 2.22. The third-order valence-corrected chi connectivity index (χ3v) is 3.21. The van der Waals surface area contributed by atoms with Gasteiger partial charge in [-0.15, -0.1) is 0 Å². The van der Waals surface area contributed by atoms with E-state index in [1.807, 2.05) is 0 Å². The molecule has 0 unspecified atom stereocenters. The molecule has 1 N–H and O–H groups in total. The normalized spacial score (nSPS) is 10.5. The van der Waals surface area contributed by atoms with E-state index < -0.39 is 11.4 Å². The summed E-state index contributed by atoms with van der Waals surface area (Å²) < 4.78 is 17.2. The number of aromatic nitrogens is 1. The van der Waals surface area contributed by atoms with Crippen molar-refractivity contribution < 1.29 is 24.1 Å². The van der Waals surface area contributed by atoms with Crippen LogP contribution < -0.4 is 19.6 Å². The van der Waals surface area contributed by atoms with E-state index >= 15 is 0 Å². The van der Waals surface area contributed by atoms with Crippen molar-refractivity contribution in [3.8, 4) is 17.2 Å². The SMILES string of the molecule is COc1cc2c(c(OC)c1OC)c(=O)c(C(=O)O)cn2C. The molecule has 1 heterocycles. The number of benzene rings is 1. The van der Waals surface area contributed by atoms with Crippen molar-refractivity contribution in [2.24, 2.45) is 7.05 Å². The van der Waals surface area contributed by atoms with Crippen molar-refractivity contribution in [1.29, 1.82) is 0 Å². The summed E-state index contributed by atoms with van der Waals surface area (Å²) in [5.74, 6) is -0.517. The van der Waals surface area contributed by atoms with Gasteiger partial charge in [0.05, 0.1) is 32.2 Å². The number of fused-ring (bicyclic) bond motifs is 1. The van der Waals surface area contributed by atoms with Crippen LogP contribution in [0.3, 0.4) is 0 Å². The maximum absolute atomic E-state index is 12.4. The molecule has 0 bridgehead atoms. The zero-order valence-corrected chi connectivity index (χ0v) is 12.1. The summed E-state index contributed by atoms with van der Waals surface area (Å²) in [7, 11) is 5.90. The third-order valence-electron chi connectivity index (χ3n) is 3.21. The Kier molecular flexibility index (Phi) is 3.75. The summed E-state index contributed by atoms with van der Waals surface area (Å²) in [6, 6.07) is 1.60. The minimum Gasteiger partial charge on any atom is -0.493 e. The van der Waals surface area contributed by atoms with Crippen molar-refractivity contribution in [2.75, 3.05) is 21.3 Å². The molecule has 0 aliphatic heterocycles. The van der Waals surface area contributed by atoms with E-state index in [4.69, 9.17) is 19.3 Å². The Morgan fingerprint density at radius 2 is 1.76 bits per heavy atom. The van der Waals surface area contributed by atoms with Gasteiger partial charge in [-0.3, -0.25) is 4.79 Å². The third kappa shape index (κ3) is 2.16. The van der Waals surface area contributed by atoms with E-state index in [-0.39, 0.29) is 22.4 Å². The monoisotopic (exact) mass is 293 g/mol. The largest absolute Gasteiger partial charge is 0.493 e. The number of carboxylic acid groups (broad SMARTS) is 1. The topological polar surface area (TPSA) is 87.0 Å². The number of hydrogen-bond donors (Lipinski definition) is 1. The first-order valence-electron chi connectivity index (χ1n) is 6.01. The second-order valence-corrected chi connectivity index (χ2v) is 4.33. The average Bonchev–Trinajstić information content (AvgIpc) is 2.47. The maximum Gasteiger partial charge on any atom is 0.341 e. The van der Waals surface area contributed by atoms with Crippen LogP contribution in [0.1, 0.15) is 10.4 Å². The molecule has 7 nitrogen and oxygen atoms in total. The van der Waals surface area contributed by atoms with Gasteiger partial charge in [-0.25, -0.2) is 4.79 Å². The number of nitrogens with zero attached hydrogens (tertiary/aromatic N) is 1. The Bertz CT molecular complexity index is 777. The molecule has 7 heteroatoms. The van der Waals surface area contributed by atoms with Gasteiger partial charge >= 0.3 is 5.97 Å². The molecule has 0 radical (unpaired) electrons. The van der Waals surface area contributed by atoms with E-state index in [1.54, 1.807) is 13.1 Å². The predicted molar refractivity (Wildman–Crippen MR) is 75.8 cm³/mol. The number of ether oxygens (including phenoxy) is 3. The summed E-state index contributed by atoms with van der Waals surface area (Å²) in [5.41, 5.74) is -0.483. The summed E-state index contributed by atoms with van der Waals surface area (Å²) in [6.45, 7) is 0. The fraction of sp³-hybridized carbons (Fsp3) is 0.286. The number of carboxylic acids is 1. The number of hydrogen-bond acceptors (Lipinski definition) is 5. The first-order valence-corrected chi connectivity index (χ1v) is 6.01. The molecule has 2 rings (SSSR count). The highest BCUT2D eigenvalue weighted by Crippen LogP contribution is 2.41. The van der Waals surface area contributed by atoms with Gasteiger partial charge in [-0.1, -0.05) is 0 Å². The van der Waals surface area contributed by atoms with Crippen LogP contribution in [0.15, 0.2) is 17.1 Å². The predicted octanol–water partition coefficient (Wildman–Crippen LogP) is 1.26. The minimum atomic E-state index is -1.30. The standard InChI is InChI=1S/C14H15NO6/c1-15-6-7(14(17)18)11(16)10-8(15)5-9(19-2)12(20-3)13(10)21-4/h5-6H,1-4H3,(H,17,18). The number of rotatable bonds is 4. The minimum absolute atomic E-state index is 0.137. The smallest absolute Gasteiger partial charge is 0.341 e. The number of methoxy groups -OCH3 is 3. The van der Waals surface area contributed by atoms with Crippen LogP contribution in [0.2, 0.25) is 0 Å². The zero-order valence-electron chi connectivity index (χ0n) is 12.1. The van der Waals surface area contributed by atoms with Crippen LogP contribution in [-0.2, 0) is 7.05 Å². The fourth-order valence-electron chi connectivity index (χ4n) is 2.25. The Balaban J connectivity index is 3.07. The molecule has 1 aromatic heterocycles. The van der Waals surface area contributed by atoms with Crippen LogP contribution in [0.4, 0.5) is 0 Å². The molecular weight excluding hydrogens is 278 g/mol. The zero-order chi connectivity index (χ0) is 15.7. The average molecular weight is 293 g/mol. The van der Waals surface area contributed by atoms with Crippen molar-refractivity contribution in [3.05, 3.63) is 28.0 Å². The number of aryl methyl sites for hydroxylation is 1. The van der Waals surface area contributed by atoms with E-state index in [0.717, 1.165) is 0 Å². The van der Waals surface area contributed by atoms with E-state index in [2.05, 4.69) is 0 Å². The Morgan fingerprint density at radius 1 is 1.14 bits per heavy atom. The molecule has 0 aliphatic rings. The van der Waals surface area contributed by atoms with Gasteiger partial charge in [0.1, 0.15) is 5.56 Å². The van der Waals surface area contributed by atoms with E-state index in [9.17, 15) is 9.59 Å². The summed E-state index contributed by atoms with van der Waals surface area (Å²) >= 11 is 0. The Hall–Kier alpha value is -2.70. The van der Waals surface area contributed by atoms with E-state index in [1.165, 1.54) is 32.1 Å². The van der Waals surface area contributed by atoms with Crippen molar-refractivity contribution >= 4 is 16.9 Å². The molecule has 112 valence electrons. The maximum atomic E-state index is 12.4. The summed E-state index contributed by atoms with van der Waals surface area (Å²) in [4.78, 5) is 23.6. The summed E-state index contributed by atoms with van der Waals surface area (Å²) in [6.07, 6.45) is 1.26. The highest BCUT2D eigenvalue weighted by molar-refractivity contribution is 5.97. The molecule has 0 amide bonds.